The van der Waals surface area contributed by atoms with E-state index in [2.05, 4.69) is 29.5 Å². The van der Waals surface area contributed by atoms with E-state index in [0.717, 1.165) is 0 Å². The maximum absolute atomic E-state index is 14.0. The second-order valence-electron chi connectivity index (χ2n) is 11.1. The van der Waals surface area contributed by atoms with E-state index < -0.39 is 94.2 Å². The van der Waals surface area contributed by atoms with Crippen molar-refractivity contribution in [2.45, 2.75) is 0 Å². The van der Waals surface area contributed by atoms with E-state index in [1.54, 1.807) is 0 Å². The van der Waals surface area contributed by atoms with Crippen LogP contribution in [0.3, 0.4) is 0 Å². The van der Waals surface area contributed by atoms with Crippen molar-refractivity contribution in [1.82, 2.24) is 0 Å². The minimum Gasteiger partial charge on any atom is -0.459 e. The zero-order valence-corrected chi connectivity index (χ0v) is 32.2. The van der Waals surface area contributed by atoms with Gasteiger partial charge in [-0.25, -0.2) is 44.7 Å². The van der Waals surface area contributed by atoms with Gasteiger partial charge in [-0.3, -0.25) is 0 Å². The topological polar surface area (TPSA) is 233 Å². The lowest BCUT2D eigenvalue weighted by molar-refractivity contribution is -0.0267. The molecule has 27 heteroatoms. The number of rotatable bonds is 34. The van der Waals surface area contributed by atoms with Crippen LogP contribution in [0.15, 0.2) is 10.2 Å². The molecule has 0 aliphatic carbocycles. The Morgan fingerprint density at radius 2 is 0.525 bits per heavy atom. The largest absolute Gasteiger partial charge is 0.459 e. The number of carbonyl (C=O) groups is 2. The van der Waals surface area contributed by atoms with Crippen LogP contribution < -0.4 is 0 Å². The van der Waals surface area contributed by atoms with Crippen molar-refractivity contribution in [2.24, 2.45) is 10.2 Å². The average Bonchev–Trinajstić information content (AvgIpc) is 3.24. The fourth-order valence-electron chi connectivity index (χ4n) is 4.26. The summed E-state index contributed by atoms with van der Waals surface area (Å²) in [4.78, 5) is 27.9. The van der Waals surface area contributed by atoms with Crippen LogP contribution in [0.5, 0.6) is 0 Å². The summed E-state index contributed by atoms with van der Waals surface area (Å²) in [6, 6.07) is 0. The van der Waals surface area contributed by atoms with Gasteiger partial charge in [-0.15, -0.1) is 0 Å². The van der Waals surface area contributed by atoms with Crippen LogP contribution in [-0.4, -0.2) is 144 Å². The monoisotopic (exact) mass is 892 g/mol. The van der Waals surface area contributed by atoms with Gasteiger partial charge in [0.2, 0.25) is 0 Å². The first-order valence-corrected chi connectivity index (χ1v) is 17.8. The Hall–Kier alpha value is -4.92. The van der Waals surface area contributed by atoms with E-state index in [0.29, 0.717) is 52.9 Å². The van der Waals surface area contributed by atoms with Crippen molar-refractivity contribution < 1.29 is 96.8 Å². The first-order chi connectivity index (χ1) is 29.5. The molecule has 2 aromatic carbocycles. The molecule has 0 saturated heterocycles. The number of esters is 2. The summed E-state index contributed by atoms with van der Waals surface area (Å²) in [7, 11) is 0. The lowest BCUT2D eigenvalue weighted by Gasteiger charge is -2.10. The quantitative estimate of drug-likeness (QED) is 0.0153. The summed E-state index contributed by atoms with van der Waals surface area (Å²) < 4.78 is 168. The molecule has 0 spiro atoms. The molecule has 0 aliphatic heterocycles. The molecule has 340 valence electrons. The van der Waals surface area contributed by atoms with Crippen LogP contribution in [0.1, 0.15) is 20.7 Å². The molecule has 2 aromatic rings. The Morgan fingerprint density at radius 1 is 0.344 bits per heavy atom. The molecular weight excluding hydrogens is 852 g/mol. The van der Waals surface area contributed by atoms with Crippen molar-refractivity contribution in [3.8, 4) is 0 Å². The van der Waals surface area contributed by atoms with Gasteiger partial charge in [-0.2, -0.15) is 0 Å². The molecule has 0 bridgehead atoms. The third-order valence-corrected chi connectivity index (χ3v) is 7.08. The predicted molar refractivity (Wildman–Crippen MR) is 188 cm³/mol. The minimum absolute atomic E-state index is 0.0662. The average molecular weight is 893 g/mol. The number of hydrogen-bond acceptors (Lipinski definition) is 15. The molecule has 0 aromatic heterocycles. The van der Waals surface area contributed by atoms with Crippen LogP contribution in [0, 0.1) is 46.5 Å². The highest BCUT2D eigenvalue weighted by Crippen LogP contribution is 2.32. The van der Waals surface area contributed by atoms with Crippen LogP contribution in [-0.2, 0) is 52.1 Å². The number of benzene rings is 2. The summed E-state index contributed by atoms with van der Waals surface area (Å²) in [5, 5.41) is 5.05. The molecule has 0 saturated carbocycles. The van der Waals surface area contributed by atoms with E-state index in [-0.39, 0.29) is 66.1 Å². The van der Waals surface area contributed by atoms with Crippen LogP contribution >= 0.6 is 0 Å². The predicted octanol–water partition coefficient (Wildman–Crippen LogP) is 5.85. The Morgan fingerprint density at radius 3 is 0.705 bits per heavy atom. The van der Waals surface area contributed by atoms with Crippen LogP contribution in [0.2, 0.25) is 0 Å². The third-order valence-electron chi connectivity index (χ3n) is 7.08. The van der Waals surface area contributed by atoms with Gasteiger partial charge < -0.3 is 52.1 Å². The Bertz CT molecular complexity index is 1610. The maximum atomic E-state index is 14.0. The summed E-state index contributed by atoms with van der Waals surface area (Å²) >= 11 is 0. The molecule has 61 heavy (non-hydrogen) atoms. The van der Waals surface area contributed by atoms with Crippen LogP contribution in [0.4, 0.5) is 46.5 Å². The molecule has 2 rings (SSSR count). The second-order valence-corrected chi connectivity index (χ2v) is 11.1. The molecule has 0 unspecified atom stereocenters. The number of ether oxygens (including phenoxy) is 11. The number of azide groups is 2. The molecule has 0 N–H and O–H groups in total. The Balaban J connectivity index is 1.29. The molecule has 0 radical (unpaired) electrons. The molecule has 0 aliphatic rings. The van der Waals surface area contributed by atoms with Crippen molar-refractivity contribution in [3.05, 3.63) is 78.6 Å². The number of hydrogen-bond donors (Lipinski definition) is 0. The lowest BCUT2D eigenvalue weighted by Crippen LogP contribution is -2.17. The standard InChI is InChI=1S/C34H40F8N6O13/c35-23-21(24(36)28(40)31(27(23)39)45-47-43)33(49)60-19-17-58-15-13-56-11-9-54-7-5-52-3-1-51-2-4-53-6-8-55-10-12-57-14-16-59-18-20-61-34(50)22-25(37)29(41)32(46-48-44)30(42)26(22)38/h1-20H2. The molecule has 0 heterocycles. The van der Waals surface area contributed by atoms with E-state index in [9.17, 15) is 44.7 Å². The van der Waals surface area contributed by atoms with Gasteiger partial charge >= 0.3 is 11.9 Å². The summed E-state index contributed by atoms with van der Waals surface area (Å²) in [6.07, 6.45) is 0. The lowest BCUT2D eigenvalue weighted by atomic mass is 10.1. The van der Waals surface area contributed by atoms with Gasteiger partial charge in [0.15, 0.2) is 46.5 Å². The Labute approximate surface area is 341 Å². The van der Waals surface area contributed by atoms with Gasteiger partial charge in [0.25, 0.3) is 0 Å². The SMILES string of the molecule is [N-]=[N+]=Nc1c(F)c(F)c(C(=O)OCCOCCOCCOCCOCCOCCOCCOCCOCCOCCOC(=O)c2c(F)c(F)c(N=[N+]=[N-])c(F)c2F)c(F)c1F. The summed E-state index contributed by atoms with van der Waals surface area (Å²) in [5.41, 5.74) is 10.2. The van der Waals surface area contributed by atoms with Gasteiger partial charge in [0.1, 0.15) is 35.7 Å². The van der Waals surface area contributed by atoms with Crippen molar-refractivity contribution in [3.63, 3.8) is 0 Å². The number of halogens is 8. The first-order valence-electron chi connectivity index (χ1n) is 17.8. The van der Waals surface area contributed by atoms with Gasteiger partial charge in [0, 0.05) is 9.82 Å². The molecule has 0 amide bonds. The van der Waals surface area contributed by atoms with E-state index in [1.807, 2.05) is 0 Å². The normalized spacial score (nSPS) is 11.0. The van der Waals surface area contributed by atoms with E-state index in [1.165, 1.54) is 0 Å². The minimum atomic E-state index is -2.07. The van der Waals surface area contributed by atoms with Gasteiger partial charge in [-0.1, -0.05) is 10.2 Å². The van der Waals surface area contributed by atoms with Crippen molar-refractivity contribution in [2.75, 3.05) is 132 Å². The van der Waals surface area contributed by atoms with Gasteiger partial charge in [0.05, 0.1) is 119 Å². The zero-order chi connectivity index (χ0) is 44.8. The van der Waals surface area contributed by atoms with Crippen molar-refractivity contribution >= 4 is 23.3 Å². The van der Waals surface area contributed by atoms with Crippen molar-refractivity contribution in [1.29, 1.82) is 0 Å². The second kappa shape index (κ2) is 31.0. The highest BCUT2D eigenvalue weighted by Gasteiger charge is 2.31. The zero-order valence-electron chi connectivity index (χ0n) is 32.2. The molecular formula is C34H40F8N6O13. The summed E-state index contributed by atoms with van der Waals surface area (Å²) in [5.74, 6) is -19.8. The third kappa shape index (κ3) is 18.7. The number of nitrogens with zero attached hydrogens (tertiary/aromatic N) is 6. The highest BCUT2D eigenvalue weighted by atomic mass is 19.2. The molecule has 19 nitrogen and oxygen atoms in total. The fraction of sp³-hybridized carbons (Fsp3) is 0.588. The maximum Gasteiger partial charge on any atom is 0.344 e. The molecule has 0 atom stereocenters. The fourth-order valence-corrected chi connectivity index (χ4v) is 4.26. The number of carbonyl (C=O) groups excluding carboxylic acids is 2. The van der Waals surface area contributed by atoms with E-state index >= 15 is 0 Å². The Kier molecular flexibility index (Phi) is 26.5. The highest BCUT2D eigenvalue weighted by molar-refractivity contribution is 5.91. The summed E-state index contributed by atoms with van der Waals surface area (Å²) in [6.45, 7) is 2.60. The molecule has 0 fully saturated rings. The van der Waals surface area contributed by atoms with Crippen LogP contribution in [0.25, 0.3) is 20.9 Å². The van der Waals surface area contributed by atoms with E-state index in [4.69, 9.17) is 53.7 Å². The smallest absolute Gasteiger partial charge is 0.344 e. The van der Waals surface area contributed by atoms with Gasteiger partial charge in [-0.05, 0) is 11.1 Å². The first kappa shape index (κ1) is 52.2.